The average molecular weight is 421 g/mol. The summed E-state index contributed by atoms with van der Waals surface area (Å²) in [6, 6.07) is 18.7. The number of hydrogen-bond acceptors (Lipinski definition) is 4. The molecule has 1 aliphatic rings. The summed E-state index contributed by atoms with van der Waals surface area (Å²) in [5, 5.41) is 2.50. The highest BCUT2D eigenvalue weighted by atomic mass is 16.5. The number of hydrogen-bond donors (Lipinski definition) is 1. The van der Waals surface area contributed by atoms with Crippen LogP contribution in [-0.4, -0.2) is 30.4 Å². The summed E-state index contributed by atoms with van der Waals surface area (Å²) in [5.74, 6) is -1.41. The first-order valence-corrected chi connectivity index (χ1v) is 10.6. The third-order valence-corrected chi connectivity index (χ3v) is 5.21. The highest BCUT2D eigenvalue weighted by Crippen LogP contribution is 2.27. The molecular formula is C25H28N2O4. The summed E-state index contributed by atoms with van der Waals surface area (Å²) < 4.78 is 5.32. The van der Waals surface area contributed by atoms with Gasteiger partial charge in [-0.1, -0.05) is 67.8 Å². The third kappa shape index (κ3) is 6.54. The van der Waals surface area contributed by atoms with E-state index in [0.29, 0.717) is 0 Å². The number of rotatable bonds is 7. The van der Waals surface area contributed by atoms with Gasteiger partial charge in [0, 0.05) is 18.7 Å². The Bertz CT molecular complexity index is 919. The van der Waals surface area contributed by atoms with Crippen molar-refractivity contribution in [1.29, 1.82) is 0 Å². The minimum absolute atomic E-state index is 0.00423. The number of carbonyl (C=O) groups excluding carboxylic acids is 3. The first kappa shape index (κ1) is 22.3. The van der Waals surface area contributed by atoms with Gasteiger partial charge in [-0.3, -0.25) is 9.59 Å². The third-order valence-electron chi connectivity index (χ3n) is 5.21. The van der Waals surface area contributed by atoms with Crippen LogP contribution in [0.4, 0.5) is 5.69 Å². The molecule has 0 radical (unpaired) electrons. The first-order valence-electron chi connectivity index (χ1n) is 10.6. The molecule has 31 heavy (non-hydrogen) atoms. The van der Waals surface area contributed by atoms with Crippen molar-refractivity contribution in [3.63, 3.8) is 0 Å². The number of benzene rings is 2. The second kappa shape index (κ2) is 11.1. The quantitative estimate of drug-likeness (QED) is 0.541. The Balaban J connectivity index is 1.73. The van der Waals surface area contributed by atoms with Crippen LogP contribution in [0.15, 0.2) is 66.4 Å². The summed E-state index contributed by atoms with van der Waals surface area (Å²) in [7, 11) is 0. The van der Waals surface area contributed by atoms with E-state index >= 15 is 0 Å². The van der Waals surface area contributed by atoms with E-state index in [1.807, 2.05) is 48.5 Å². The van der Waals surface area contributed by atoms with Crippen molar-refractivity contribution < 1.29 is 19.1 Å². The molecule has 1 fully saturated rings. The Labute approximate surface area is 182 Å². The zero-order valence-corrected chi connectivity index (χ0v) is 17.8. The molecule has 1 aliphatic carbocycles. The number of amides is 2. The molecule has 0 heterocycles. The van der Waals surface area contributed by atoms with Crippen molar-refractivity contribution >= 4 is 29.5 Å². The molecule has 0 aromatic heterocycles. The zero-order chi connectivity index (χ0) is 22.1. The predicted octanol–water partition coefficient (Wildman–Crippen LogP) is 4.07. The van der Waals surface area contributed by atoms with E-state index < -0.39 is 18.5 Å². The highest BCUT2D eigenvalue weighted by Gasteiger charge is 2.28. The van der Waals surface area contributed by atoms with E-state index in [-0.39, 0.29) is 17.6 Å². The van der Waals surface area contributed by atoms with Gasteiger partial charge in [0.15, 0.2) is 6.61 Å². The fraction of sp³-hybridized carbons (Fsp3) is 0.320. The summed E-state index contributed by atoms with van der Waals surface area (Å²) in [5.41, 5.74) is 1.54. The molecule has 6 nitrogen and oxygen atoms in total. The van der Waals surface area contributed by atoms with Crippen LogP contribution in [0.25, 0.3) is 6.08 Å². The first-order chi connectivity index (χ1) is 15.0. The zero-order valence-electron chi connectivity index (χ0n) is 17.8. The molecular weight excluding hydrogens is 392 g/mol. The van der Waals surface area contributed by atoms with Crippen LogP contribution in [0, 0.1) is 0 Å². The fourth-order valence-corrected chi connectivity index (χ4v) is 3.81. The lowest BCUT2D eigenvalue weighted by Crippen LogP contribution is -2.44. The number of ether oxygens (including phenoxy) is 1. The minimum atomic E-state index is -0.746. The van der Waals surface area contributed by atoms with Gasteiger partial charge >= 0.3 is 5.97 Å². The van der Waals surface area contributed by atoms with Gasteiger partial charge in [-0.05, 0) is 36.6 Å². The van der Waals surface area contributed by atoms with E-state index in [2.05, 4.69) is 5.32 Å². The lowest BCUT2D eigenvalue weighted by molar-refractivity contribution is -0.145. The lowest BCUT2D eigenvalue weighted by Gasteiger charge is -2.34. The van der Waals surface area contributed by atoms with Crippen molar-refractivity contribution in [2.45, 2.75) is 45.1 Å². The van der Waals surface area contributed by atoms with Gasteiger partial charge in [0.1, 0.15) is 5.70 Å². The summed E-state index contributed by atoms with van der Waals surface area (Å²) >= 11 is 0. The van der Waals surface area contributed by atoms with Crippen molar-refractivity contribution in [2.75, 3.05) is 11.5 Å². The van der Waals surface area contributed by atoms with Gasteiger partial charge in [-0.2, -0.15) is 0 Å². The monoisotopic (exact) mass is 420 g/mol. The van der Waals surface area contributed by atoms with Crippen molar-refractivity contribution in [2.24, 2.45) is 0 Å². The normalized spacial score (nSPS) is 14.5. The minimum Gasteiger partial charge on any atom is -0.451 e. The Morgan fingerprint density at radius 2 is 1.58 bits per heavy atom. The van der Waals surface area contributed by atoms with Crippen LogP contribution in [0.1, 0.15) is 44.6 Å². The summed E-state index contributed by atoms with van der Waals surface area (Å²) in [4.78, 5) is 39.0. The van der Waals surface area contributed by atoms with E-state index in [1.165, 1.54) is 19.4 Å². The van der Waals surface area contributed by atoms with Crippen LogP contribution in [0.3, 0.4) is 0 Å². The molecule has 0 saturated heterocycles. The molecule has 2 aromatic carbocycles. The second-order valence-corrected chi connectivity index (χ2v) is 7.62. The van der Waals surface area contributed by atoms with Crippen LogP contribution in [0.2, 0.25) is 0 Å². The molecule has 0 unspecified atom stereocenters. The molecule has 1 N–H and O–H groups in total. The molecule has 1 saturated carbocycles. The standard InChI is InChI=1S/C25H28N2O4/c1-19(28)26-23(17-20-11-5-2-6-12-20)25(30)31-18-24(29)27(21-13-7-3-8-14-21)22-15-9-4-10-16-22/h2-3,5-8,11-14,17,22H,4,9-10,15-16,18H2,1H3,(H,26,28)/b23-17-. The fourth-order valence-electron chi connectivity index (χ4n) is 3.81. The molecule has 2 amide bonds. The number of carbonyl (C=O) groups is 3. The van der Waals surface area contributed by atoms with Crippen molar-refractivity contribution in [3.05, 3.63) is 71.9 Å². The number of para-hydroxylation sites is 1. The van der Waals surface area contributed by atoms with Gasteiger partial charge in [0.2, 0.25) is 5.91 Å². The summed E-state index contributed by atoms with van der Waals surface area (Å²) in [6.07, 6.45) is 6.72. The molecule has 6 heteroatoms. The van der Waals surface area contributed by atoms with E-state index in [9.17, 15) is 14.4 Å². The molecule has 2 aromatic rings. The molecule has 3 rings (SSSR count). The maximum absolute atomic E-state index is 13.1. The SMILES string of the molecule is CC(=O)N/C(=C\c1ccccc1)C(=O)OCC(=O)N(c1ccccc1)C1CCCCC1. The van der Waals surface area contributed by atoms with Crippen molar-refractivity contribution in [3.8, 4) is 0 Å². The van der Waals surface area contributed by atoms with E-state index in [0.717, 1.165) is 36.9 Å². The molecule has 162 valence electrons. The maximum atomic E-state index is 13.1. The summed E-state index contributed by atoms with van der Waals surface area (Å²) in [6.45, 7) is 0.924. The molecule has 0 spiro atoms. The topological polar surface area (TPSA) is 75.7 Å². The largest absolute Gasteiger partial charge is 0.451 e. The van der Waals surface area contributed by atoms with Crippen LogP contribution in [0.5, 0.6) is 0 Å². The highest BCUT2D eigenvalue weighted by molar-refractivity contribution is 6.00. The average Bonchev–Trinajstić information content (AvgIpc) is 2.79. The predicted molar refractivity (Wildman–Crippen MR) is 120 cm³/mol. The smallest absolute Gasteiger partial charge is 0.355 e. The Hall–Kier alpha value is -3.41. The lowest BCUT2D eigenvalue weighted by atomic mass is 9.93. The maximum Gasteiger partial charge on any atom is 0.355 e. The number of nitrogens with zero attached hydrogens (tertiary/aromatic N) is 1. The van der Waals surface area contributed by atoms with Gasteiger partial charge in [0.25, 0.3) is 5.91 Å². The van der Waals surface area contributed by atoms with Gasteiger partial charge in [-0.15, -0.1) is 0 Å². The van der Waals surface area contributed by atoms with E-state index in [1.54, 1.807) is 17.0 Å². The Kier molecular flexibility index (Phi) is 7.98. The number of nitrogens with one attached hydrogen (secondary N) is 1. The van der Waals surface area contributed by atoms with Gasteiger partial charge in [-0.25, -0.2) is 4.79 Å². The number of anilines is 1. The van der Waals surface area contributed by atoms with Crippen LogP contribution < -0.4 is 10.2 Å². The van der Waals surface area contributed by atoms with Crippen LogP contribution in [-0.2, 0) is 19.1 Å². The number of esters is 1. The van der Waals surface area contributed by atoms with Crippen LogP contribution >= 0.6 is 0 Å². The Morgan fingerprint density at radius 1 is 0.968 bits per heavy atom. The van der Waals surface area contributed by atoms with E-state index in [4.69, 9.17) is 4.74 Å². The molecule has 0 bridgehead atoms. The molecule has 0 aliphatic heterocycles. The molecule has 0 atom stereocenters. The van der Waals surface area contributed by atoms with Gasteiger partial charge < -0.3 is 15.0 Å². The van der Waals surface area contributed by atoms with Crippen molar-refractivity contribution in [1.82, 2.24) is 5.32 Å². The Morgan fingerprint density at radius 3 is 2.19 bits per heavy atom. The van der Waals surface area contributed by atoms with Gasteiger partial charge in [0.05, 0.1) is 0 Å². The second-order valence-electron chi connectivity index (χ2n) is 7.62.